The lowest BCUT2D eigenvalue weighted by molar-refractivity contribution is -0.297. The molecule has 1 aliphatic heterocycles. The van der Waals surface area contributed by atoms with Crippen molar-refractivity contribution in [1.82, 2.24) is 5.32 Å². The second kappa shape index (κ2) is 7.09. The van der Waals surface area contributed by atoms with Crippen LogP contribution in [0.1, 0.15) is 79.1 Å². The summed E-state index contributed by atoms with van der Waals surface area (Å²) in [5, 5.41) is 3.12. The van der Waals surface area contributed by atoms with Gasteiger partial charge in [0, 0.05) is 24.0 Å². The summed E-state index contributed by atoms with van der Waals surface area (Å²) >= 11 is 0. The van der Waals surface area contributed by atoms with E-state index < -0.39 is 11.2 Å². The van der Waals surface area contributed by atoms with Gasteiger partial charge in [0.25, 0.3) is 0 Å². The van der Waals surface area contributed by atoms with Gasteiger partial charge < -0.3 is 19.5 Å². The molecule has 6 nitrogen and oxygen atoms in total. The van der Waals surface area contributed by atoms with E-state index in [0.29, 0.717) is 38.2 Å². The number of amides is 1. The zero-order valence-corrected chi connectivity index (χ0v) is 18.3. The number of ether oxygens (including phenoxy) is 3. The first-order valence-corrected chi connectivity index (χ1v) is 11.1. The SMILES string of the molecule is CCOC(=O)C1=C(NC(=O)C2(C)CCC3(C2)OCC(C)(C)CO3)CCC2(CC2)C1. The van der Waals surface area contributed by atoms with Crippen molar-refractivity contribution in [3.05, 3.63) is 11.3 Å². The minimum absolute atomic E-state index is 0.00666. The minimum atomic E-state index is -0.648. The molecule has 162 valence electrons. The lowest BCUT2D eigenvalue weighted by Crippen LogP contribution is -2.48. The standard InChI is InChI=1S/C23H35NO5/c1-5-27-18(25)16-12-22(9-10-22)7-6-17(16)24-19(26)21(4)8-11-23(13-21)28-14-20(2,3)15-29-23/h5-15H2,1-4H3,(H,24,26). The van der Waals surface area contributed by atoms with E-state index in [1.54, 1.807) is 0 Å². The molecule has 1 N–H and O–H groups in total. The Morgan fingerprint density at radius 3 is 2.34 bits per heavy atom. The number of hydrogen-bond acceptors (Lipinski definition) is 5. The number of allylic oxidation sites excluding steroid dienone is 1. The number of nitrogens with one attached hydrogen (secondary N) is 1. The van der Waals surface area contributed by atoms with Gasteiger partial charge >= 0.3 is 5.97 Å². The third-order valence-corrected chi connectivity index (χ3v) is 7.28. The van der Waals surface area contributed by atoms with Crippen LogP contribution in [0.3, 0.4) is 0 Å². The molecule has 3 fully saturated rings. The molecule has 0 bridgehead atoms. The van der Waals surface area contributed by atoms with E-state index >= 15 is 0 Å². The third-order valence-electron chi connectivity index (χ3n) is 7.28. The van der Waals surface area contributed by atoms with Crippen LogP contribution >= 0.6 is 0 Å². The van der Waals surface area contributed by atoms with Crippen molar-refractivity contribution in [2.75, 3.05) is 19.8 Å². The van der Waals surface area contributed by atoms with Crippen LogP contribution < -0.4 is 5.32 Å². The summed E-state index contributed by atoms with van der Waals surface area (Å²) in [7, 11) is 0. The van der Waals surface area contributed by atoms with Gasteiger partial charge in [-0.1, -0.05) is 20.8 Å². The summed E-state index contributed by atoms with van der Waals surface area (Å²) in [6.45, 7) is 9.69. The normalized spacial score (nSPS) is 31.7. The van der Waals surface area contributed by atoms with Crippen molar-refractivity contribution < 1.29 is 23.8 Å². The number of esters is 1. The summed E-state index contributed by atoms with van der Waals surface area (Å²) in [5.74, 6) is -0.956. The van der Waals surface area contributed by atoms with E-state index in [1.807, 2.05) is 13.8 Å². The van der Waals surface area contributed by atoms with Crippen LogP contribution in [0, 0.1) is 16.2 Å². The Kier molecular flexibility index (Phi) is 5.10. The molecule has 0 aromatic heterocycles. The van der Waals surface area contributed by atoms with E-state index in [0.717, 1.165) is 31.4 Å². The number of rotatable bonds is 4. The second-order valence-corrected chi connectivity index (χ2v) is 10.7. The van der Waals surface area contributed by atoms with E-state index in [1.165, 1.54) is 12.8 Å². The van der Waals surface area contributed by atoms with Gasteiger partial charge in [0.1, 0.15) is 0 Å². The first-order valence-electron chi connectivity index (χ1n) is 11.1. The molecule has 0 radical (unpaired) electrons. The van der Waals surface area contributed by atoms with Gasteiger partial charge in [-0.05, 0) is 50.9 Å². The second-order valence-electron chi connectivity index (χ2n) is 10.7. The van der Waals surface area contributed by atoms with Crippen molar-refractivity contribution in [3.63, 3.8) is 0 Å². The lowest BCUT2D eigenvalue weighted by Gasteiger charge is -2.42. The minimum Gasteiger partial charge on any atom is -0.463 e. The Bertz CT molecular complexity index is 726. The van der Waals surface area contributed by atoms with Crippen molar-refractivity contribution in [2.45, 2.75) is 84.8 Å². The Hall–Kier alpha value is -1.40. The molecule has 6 heteroatoms. The zero-order chi connectivity index (χ0) is 20.9. The Balaban J connectivity index is 1.47. The van der Waals surface area contributed by atoms with Crippen LogP contribution in [0.25, 0.3) is 0 Å². The zero-order valence-electron chi connectivity index (χ0n) is 18.3. The maximum Gasteiger partial charge on any atom is 0.335 e. The highest BCUT2D eigenvalue weighted by atomic mass is 16.7. The molecule has 1 amide bonds. The van der Waals surface area contributed by atoms with Gasteiger partial charge in [-0.3, -0.25) is 4.79 Å². The molecular weight excluding hydrogens is 370 g/mol. The maximum absolute atomic E-state index is 13.3. The van der Waals surface area contributed by atoms with Gasteiger partial charge in [0.15, 0.2) is 5.79 Å². The molecule has 1 saturated heterocycles. The smallest absolute Gasteiger partial charge is 0.335 e. The van der Waals surface area contributed by atoms with Crippen LogP contribution in [0.5, 0.6) is 0 Å². The molecule has 1 heterocycles. The average Bonchev–Trinajstić information content (AvgIpc) is 3.34. The first kappa shape index (κ1) is 20.9. The van der Waals surface area contributed by atoms with Gasteiger partial charge in [0.05, 0.1) is 30.8 Å². The molecule has 0 aromatic carbocycles. The molecule has 0 aromatic rings. The molecule has 1 atom stereocenters. The summed E-state index contributed by atoms with van der Waals surface area (Å²) < 4.78 is 17.5. The van der Waals surface area contributed by atoms with Gasteiger partial charge in [0.2, 0.25) is 5.91 Å². The average molecular weight is 406 g/mol. The van der Waals surface area contributed by atoms with Crippen LogP contribution in [-0.2, 0) is 23.8 Å². The predicted molar refractivity (Wildman–Crippen MR) is 108 cm³/mol. The molecule has 4 aliphatic rings. The molecule has 4 rings (SSSR count). The summed E-state index contributed by atoms with van der Waals surface area (Å²) in [6, 6.07) is 0. The van der Waals surface area contributed by atoms with Crippen molar-refractivity contribution in [1.29, 1.82) is 0 Å². The topological polar surface area (TPSA) is 73.9 Å². The van der Waals surface area contributed by atoms with E-state index in [-0.39, 0.29) is 22.7 Å². The van der Waals surface area contributed by atoms with Crippen molar-refractivity contribution in [3.8, 4) is 0 Å². The monoisotopic (exact) mass is 405 g/mol. The van der Waals surface area contributed by atoms with E-state index in [4.69, 9.17) is 14.2 Å². The third kappa shape index (κ3) is 4.11. The molecule has 29 heavy (non-hydrogen) atoms. The number of hydrogen-bond donors (Lipinski definition) is 1. The fourth-order valence-electron chi connectivity index (χ4n) is 4.97. The highest BCUT2D eigenvalue weighted by Gasteiger charge is 2.54. The fraction of sp³-hybridized carbons (Fsp3) is 0.826. The van der Waals surface area contributed by atoms with Gasteiger partial charge in [-0.25, -0.2) is 4.79 Å². The fourth-order valence-corrected chi connectivity index (χ4v) is 4.97. The quantitative estimate of drug-likeness (QED) is 0.719. The molecule has 1 unspecified atom stereocenters. The van der Waals surface area contributed by atoms with Gasteiger partial charge in [-0.15, -0.1) is 0 Å². The highest BCUT2D eigenvalue weighted by Crippen LogP contribution is 2.57. The van der Waals surface area contributed by atoms with E-state index in [2.05, 4.69) is 19.2 Å². The van der Waals surface area contributed by atoms with E-state index in [9.17, 15) is 9.59 Å². The first-order chi connectivity index (χ1) is 13.6. The largest absolute Gasteiger partial charge is 0.463 e. The molecule has 2 spiro atoms. The molecular formula is C23H35NO5. The van der Waals surface area contributed by atoms with Crippen LogP contribution in [0.4, 0.5) is 0 Å². The van der Waals surface area contributed by atoms with Gasteiger partial charge in [-0.2, -0.15) is 0 Å². The number of carbonyl (C=O) groups is 2. The predicted octanol–water partition coefficient (Wildman–Crippen LogP) is 3.84. The Morgan fingerprint density at radius 2 is 1.72 bits per heavy atom. The Morgan fingerprint density at radius 1 is 1.03 bits per heavy atom. The highest BCUT2D eigenvalue weighted by molar-refractivity contribution is 5.92. The van der Waals surface area contributed by atoms with Crippen LogP contribution in [0.15, 0.2) is 11.3 Å². The number of carbonyl (C=O) groups excluding carboxylic acids is 2. The Labute approximate surface area is 173 Å². The molecule has 2 saturated carbocycles. The van der Waals surface area contributed by atoms with Crippen LogP contribution in [-0.4, -0.2) is 37.5 Å². The summed E-state index contributed by atoms with van der Waals surface area (Å²) in [5.41, 5.74) is 1.15. The molecule has 3 aliphatic carbocycles. The van der Waals surface area contributed by atoms with Crippen LogP contribution in [0.2, 0.25) is 0 Å². The van der Waals surface area contributed by atoms with Crippen molar-refractivity contribution in [2.24, 2.45) is 16.2 Å². The van der Waals surface area contributed by atoms with Crippen molar-refractivity contribution >= 4 is 11.9 Å². The maximum atomic E-state index is 13.3. The lowest BCUT2D eigenvalue weighted by atomic mass is 9.82. The summed E-state index contributed by atoms with van der Waals surface area (Å²) in [4.78, 5) is 25.8. The summed E-state index contributed by atoms with van der Waals surface area (Å²) in [6.07, 6.45) is 6.82.